The van der Waals surface area contributed by atoms with Crippen molar-refractivity contribution >= 4 is 11.6 Å². The van der Waals surface area contributed by atoms with Gasteiger partial charge in [-0.3, -0.25) is 4.79 Å². The number of benzene rings is 2. The Kier molecular flexibility index (Phi) is 5.46. The summed E-state index contributed by atoms with van der Waals surface area (Å²) in [6, 6.07) is 12.8. The molecule has 0 spiro atoms. The molecular formula is C18H22N2O3. The molecule has 5 heteroatoms. The summed E-state index contributed by atoms with van der Waals surface area (Å²) in [5.41, 5.74) is 8.21. The molecule has 3 N–H and O–H groups in total. The number of nitrogen functional groups attached to an aromatic ring is 1. The predicted molar refractivity (Wildman–Crippen MR) is 90.7 cm³/mol. The number of methoxy groups -OCH3 is 2. The smallest absolute Gasteiger partial charge is 0.224 e. The highest BCUT2D eigenvalue weighted by molar-refractivity contribution is 5.79. The van der Waals surface area contributed by atoms with Crippen LogP contribution in [0.5, 0.6) is 11.5 Å². The first-order valence-electron chi connectivity index (χ1n) is 7.39. The number of nitrogens with two attached hydrogens (primary N) is 1. The van der Waals surface area contributed by atoms with Crippen LogP contribution in [0.25, 0.3) is 0 Å². The van der Waals surface area contributed by atoms with Crippen molar-refractivity contribution in [1.82, 2.24) is 5.32 Å². The molecule has 0 saturated carbocycles. The minimum Gasteiger partial charge on any atom is -0.493 e. The summed E-state index contributed by atoms with van der Waals surface area (Å²) in [7, 11) is 3.18. The minimum absolute atomic E-state index is 0.0444. The highest BCUT2D eigenvalue weighted by Crippen LogP contribution is 2.29. The molecule has 0 saturated heterocycles. The third-order valence-corrected chi connectivity index (χ3v) is 3.63. The van der Waals surface area contributed by atoms with Crippen LogP contribution in [0.4, 0.5) is 5.69 Å². The van der Waals surface area contributed by atoms with Crippen LogP contribution in [-0.4, -0.2) is 20.1 Å². The maximum atomic E-state index is 12.2. The van der Waals surface area contributed by atoms with E-state index in [-0.39, 0.29) is 11.9 Å². The summed E-state index contributed by atoms with van der Waals surface area (Å²) in [4.78, 5) is 12.2. The molecule has 0 aliphatic heterocycles. The van der Waals surface area contributed by atoms with Crippen molar-refractivity contribution < 1.29 is 14.3 Å². The van der Waals surface area contributed by atoms with Crippen LogP contribution in [0, 0.1) is 0 Å². The molecule has 1 unspecified atom stereocenters. The number of hydrogen-bond donors (Lipinski definition) is 2. The Balaban J connectivity index is 2.01. The van der Waals surface area contributed by atoms with Gasteiger partial charge in [0.25, 0.3) is 0 Å². The Bertz CT molecular complexity index is 668. The Hall–Kier alpha value is -2.69. The second-order valence-electron chi connectivity index (χ2n) is 5.32. The zero-order valence-corrected chi connectivity index (χ0v) is 13.6. The minimum atomic E-state index is -0.129. The van der Waals surface area contributed by atoms with Gasteiger partial charge in [-0.05, 0) is 42.3 Å². The average molecular weight is 314 g/mol. The topological polar surface area (TPSA) is 73.6 Å². The Morgan fingerprint density at radius 2 is 1.74 bits per heavy atom. The van der Waals surface area contributed by atoms with Crippen LogP contribution in [0.2, 0.25) is 0 Å². The molecule has 2 aromatic carbocycles. The summed E-state index contributed by atoms with van der Waals surface area (Å²) < 4.78 is 10.5. The van der Waals surface area contributed by atoms with E-state index in [4.69, 9.17) is 15.2 Å². The van der Waals surface area contributed by atoms with Crippen molar-refractivity contribution in [3.63, 3.8) is 0 Å². The number of rotatable bonds is 6. The lowest BCUT2D eigenvalue weighted by atomic mass is 10.1. The van der Waals surface area contributed by atoms with Gasteiger partial charge in [0.2, 0.25) is 5.91 Å². The molecule has 2 rings (SSSR count). The molecule has 0 fully saturated rings. The van der Waals surface area contributed by atoms with Gasteiger partial charge < -0.3 is 20.5 Å². The first-order valence-corrected chi connectivity index (χ1v) is 7.39. The lowest BCUT2D eigenvalue weighted by Gasteiger charge is -2.16. The van der Waals surface area contributed by atoms with Crippen LogP contribution in [-0.2, 0) is 11.2 Å². The van der Waals surface area contributed by atoms with Gasteiger partial charge in [-0.2, -0.15) is 0 Å². The standard InChI is InChI=1S/C18H22N2O3/c1-12(14-6-9-16(22-2)17(11-14)23-3)20-18(21)10-13-4-7-15(19)8-5-13/h4-9,11-12H,10,19H2,1-3H3,(H,20,21). The molecule has 5 nitrogen and oxygen atoms in total. The van der Waals surface area contributed by atoms with E-state index in [1.54, 1.807) is 26.4 Å². The zero-order valence-electron chi connectivity index (χ0n) is 13.6. The second-order valence-corrected chi connectivity index (χ2v) is 5.32. The van der Waals surface area contributed by atoms with Crippen molar-refractivity contribution in [2.75, 3.05) is 20.0 Å². The largest absolute Gasteiger partial charge is 0.493 e. The number of ether oxygens (including phenoxy) is 2. The van der Waals surface area contributed by atoms with E-state index in [1.807, 2.05) is 37.3 Å². The predicted octanol–water partition coefficient (Wildman–Crippen LogP) is 2.71. The van der Waals surface area contributed by atoms with E-state index in [9.17, 15) is 4.79 Å². The third kappa shape index (κ3) is 4.39. The molecule has 0 aliphatic rings. The molecule has 122 valence electrons. The number of carbonyl (C=O) groups is 1. The third-order valence-electron chi connectivity index (χ3n) is 3.63. The molecule has 2 aromatic rings. The van der Waals surface area contributed by atoms with E-state index < -0.39 is 0 Å². The second kappa shape index (κ2) is 7.54. The van der Waals surface area contributed by atoms with Crippen molar-refractivity contribution in [2.24, 2.45) is 0 Å². The maximum Gasteiger partial charge on any atom is 0.224 e. The van der Waals surface area contributed by atoms with Crippen molar-refractivity contribution in [1.29, 1.82) is 0 Å². The molecule has 1 atom stereocenters. The van der Waals surface area contributed by atoms with Gasteiger partial charge in [0.1, 0.15) is 0 Å². The van der Waals surface area contributed by atoms with E-state index in [0.29, 0.717) is 23.6 Å². The van der Waals surface area contributed by atoms with Crippen molar-refractivity contribution in [3.05, 3.63) is 53.6 Å². The number of amides is 1. The van der Waals surface area contributed by atoms with Gasteiger partial charge >= 0.3 is 0 Å². The Morgan fingerprint density at radius 1 is 1.09 bits per heavy atom. The monoisotopic (exact) mass is 314 g/mol. The fraction of sp³-hybridized carbons (Fsp3) is 0.278. The summed E-state index contributed by atoms with van der Waals surface area (Å²) in [5.74, 6) is 1.26. The number of anilines is 1. The van der Waals surface area contributed by atoms with Crippen molar-refractivity contribution in [2.45, 2.75) is 19.4 Å². The summed E-state index contributed by atoms with van der Waals surface area (Å²) in [6.07, 6.45) is 0.317. The van der Waals surface area contributed by atoms with Crippen LogP contribution in [0.3, 0.4) is 0 Å². The molecule has 0 aromatic heterocycles. The molecule has 0 aliphatic carbocycles. The normalized spacial score (nSPS) is 11.6. The average Bonchev–Trinajstić information content (AvgIpc) is 2.56. The van der Waals surface area contributed by atoms with Gasteiger partial charge in [-0.1, -0.05) is 18.2 Å². The van der Waals surface area contributed by atoms with E-state index in [0.717, 1.165) is 11.1 Å². The number of nitrogens with one attached hydrogen (secondary N) is 1. The first-order chi connectivity index (χ1) is 11.0. The molecule has 0 bridgehead atoms. The molecule has 1 amide bonds. The van der Waals surface area contributed by atoms with Crippen LogP contribution in [0.15, 0.2) is 42.5 Å². The van der Waals surface area contributed by atoms with Gasteiger partial charge in [0, 0.05) is 5.69 Å². The first kappa shape index (κ1) is 16.7. The van der Waals surface area contributed by atoms with Crippen molar-refractivity contribution in [3.8, 4) is 11.5 Å². The lowest BCUT2D eigenvalue weighted by Crippen LogP contribution is -2.28. The van der Waals surface area contributed by atoms with Crippen LogP contribution in [0.1, 0.15) is 24.1 Å². The van der Waals surface area contributed by atoms with Crippen LogP contribution >= 0.6 is 0 Å². The molecular weight excluding hydrogens is 292 g/mol. The molecule has 23 heavy (non-hydrogen) atoms. The summed E-state index contributed by atoms with van der Waals surface area (Å²) in [6.45, 7) is 1.93. The lowest BCUT2D eigenvalue weighted by molar-refractivity contribution is -0.121. The Labute approximate surface area is 136 Å². The number of hydrogen-bond acceptors (Lipinski definition) is 4. The maximum absolute atomic E-state index is 12.2. The van der Waals surface area contributed by atoms with E-state index in [2.05, 4.69) is 5.32 Å². The number of carbonyl (C=O) groups excluding carboxylic acids is 1. The summed E-state index contributed by atoms with van der Waals surface area (Å²) >= 11 is 0. The highest BCUT2D eigenvalue weighted by Gasteiger charge is 2.13. The fourth-order valence-corrected chi connectivity index (χ4v) is 2.32. The van der Waals surface area contributed by atoms with E-state index in [1.165, 1.54) is 0 Å². The zero-order chi connectivity index (χ0) is 16.8. The quantitative estimate of drug-likeness (QED) is 0.804. The molecule has 0 heterocycles. The highest BCUT2D eigenvalue weighted by atomic mass is 16.5. The van der Waals surface area contributed by atoms with Gasteiger partial charge in [0.15, 0.2) is 11.5 Å². The van der Waals surface area contributed by atoms with Gasteiger partial charge in [-0.25, -0.2) is 0 Å². The van der Waals surface area contributed by atoms with Gasteiger partial charge in [0.05, 0.1) is 26.7 Å². The summed E-state index contributed by atoms with van der Waals surface area (Å²) in [5, 5.41) is 2.98. The SMILES string of the molecule is COc1ccc(C(C)NC(=O)Cc2ccc(N)cc2)cc1OC. The van der Waals surface area contributed by atoms with Gasteiger partial charge in [-0.15, -0.1) is 0 Å². The Morgan fingerprint density at radius 3 is 2.35 bits per heavy atom. The molecule has 0 radical (unpaired) electrons. The van der Waals surface area contributed by atoms with E-state index >= 15 is 0 Å². The van der Waals surface area contributed by atoms with Crippen LogP contribution < -0.4 is 20.5 Å². The fourth-order valence-electron chi connectivity index (χ4n) is 2.32.